The van der Waals surface area contributed by atoms with E-state index in [9.17, 15) is 4.79 Å². The standard InChI is InChI=1S/C26H21O2P/c27-26(28-22-13-5-1-6-14-22)21-29(23-15-7-2-8-16-23,24-17-9-3-10-18-24)25-19-11-4-12-20-25/h1-21H. The van der Waals surface area contributed by atoms with Crippen molar-refractivity contribution < 1.29 is 9.53 Å². The molecular formula is C26H21O2P. The molecule has 29 heavy (non-hydrogen) atoms. The van der Waals surface area contributed by atoms with E-state index in [1.165, 1.54) is 0 Å². The fourth-order valence-corrected chi connectivity index (χ4v) is 7.09. The average Bonchev–Trinajstić information content (AvgIpc) is 2.80. The maximum Gasteiger partial charge on any atom is 0.337 e. The zero-order valence-corrected chi connectivity index (χ0v) is 16.8. The number of hydrogen-bond acceptors (Lipinski definition) is 2. The highest BCUT2D eigenvalue weighted by Crippen LogP contribution is 2.43. The van der Waals surface area contributed by atoms with Gasteiger partial charge in [0.25, 0.3) is 0 Å². The summed E-state index contributed by atoms with van der Waals surface area (Å²) in [6.45, 7) is -2.35. The molecule has 142 valence electrons. The predicted octanol–water partition coefficient (Wildman–Crippen LogP) is 4.39. The molecule has 0 radical (unpaired) electrons. The van der Waals surface area contributed by atoms with Crippen molar-refractivity contribution >= 4 is 34.6 Å². The van der Waals surface area contributed by atoms with E-state index < -0.39 is 6.89 Å². The molecular weight excluding hydrogens is 375 g/mol. The van der Waals surface area contributed by atoms with E-state index in [2.05, 4.69) is 36.4 Å². The number of carbonyl (C=O) groups is 1. The third-order valence-corrected chi connectivity index (χ3v) is 8.69. The lowest BCUT2D eigenvalue weighted by molar-refractivity contribution is -0.126. The molecule has 3 heteroatoms. The van der Waals surface area contributed by atoms with Crippen LogP contribution in [0.1, 0.15) is 0 Å². The maximum absolute atomic E-state index is 13.1. The Labute approximate surface area is 171 Å². The molecule has 0 atom stereocenters. The number of rotatable bonds is 5. The van der Waals surface area contributed by atoms with Gasteiger partial charge >= 0.3 is 5.97 Å². The molecule has 0 heterocycles. The summed E-state index contributed by atoms with van der Waals surface area (Å²) in [7, 11) is 0. The molecule has 0 bridgehead atoms. The minimum atomic E-state index is -2.35. The van der Waals surface area contributed by atoms with Gasteiger partial charge in [-0.15, -0.1) is 0 Å². The third-order valence-electron chi connectivity index (χ3n) is 4.75. The molecule has 4 aromatic rings. The van der Waals surface area contributed by atoms with E-state index in [0.717, 1.165) is 15.9 Å². The van der Waals surface area contributed by atoms with E-state index in [1.807, 2.05) is 72.8 Å². The Morgan fingerprint density at radius 3 is 1.28 bits per heavy atom. The minimum Gasteiger partial charge on any atom is -0.423 e. The van der Waals surface area contributed by atoms with Crippen molar-refractivity contribution in [2.75, 3.05) is 0 Å². The van der Waals surface area contributed by atoms with Crippen LogP contribution in [0.3, 0.4) is 0 Å². The summed E-state index contributed by atoms with van der Waals surface area (Å²) in [5, 5.41) is 3.34. The van der Waals surface area contributed by atoms with Crippen molar-refractivity contribution in [2.45, 2.75) is 0 Å². The van der Waals surface area contributed by atoms with Gasteiger partial charge in [-0.1, -0.05) is 109 Å². The normalized spacial score (nSPS) is 10.9. The van der Waals surface area contributed by atoms with Gasteiger partial charge in [-0.3, -0.25) is 0 Å². The number of ether oxygens (including phenoxy) is 1. The summed E-state index contributed by atoms with van der Waals surface area (Å²) in [6.07, 6.45) is 0. The molecule has 0 aliphatic heterocycles. The Hall–Kier alpha value is -3.35. The second kappa shape index (κ2) is 8.77. The van der Waals surface area contributed by atoms with Crippen LogP contribution < -0.4 is 20.7 Å². The highest BCUT2D eigenvalue weighted by atomic mass is 31.2. The van der Waals surface area contributed by atoms with E-state index >= 15 is 0 Å². The van der Waals surface area contributed by atoms with Crippen molar-refractivity contribution in [3.05, 3.63) is 121 Å². The summed E-state index contributed by atoms with van der Waals surface area (Å²) in [5.41, 5.74) is 0. The monoisotopic (exact) mass is 396 g/mol. The van der Waals surface area contributed by atoms with Crippen LogP contribution in [0.25, 0.3) is 0 Å². The fourth-order valence-electron chi connectivity index (χ4n) is 3.45. The molecule has 0 aromatic heterocycles. The maximum atomic E-state index is 13.1. The smallest absolute Gasteiger partial charge is 0.337 e. The summed E-state index contributed by atoms with van der Waals surface area (Å²) in [6, 6.07) is 39.9. The van der Waals surface area contributed by atoms with Gasteiger partial charge in [0.2, 0.25) is 0 Å². The second-order valence-corrected chi connectivity index (χ2v) is 9.85. The zero-order chi connectivity index (χ0) is 19.9. The summed E-state index contributed by atoms with van der Waals surface area (Å²) >= 11 is 0. The second-order valence-electron chi connectivity index (χ2n) is 6.59. The van der Waals surface area contributed by atoms with Crippen molar-refractivity contribution in [3.63, 3.8) is 0 Å². The van der Waals surface area contributed by atoms with Crippen LogP contribution in [0.4, 0.5) is 0 Å². The first kappa shape index (κ1) is 19.0. The number of para-hydroxylation sites is 1. The van der Waals surface area contributed by atoms with Crippen molar-refractivity contribution in [2.24, 2.45) is 0 Å². The van der Waals surface area contributed by atoms with Crippen molar-refractivity contribution in [1.29, 1.82) is 0 Å². The Kier molecular flexibility index (Phi) is 5.74. The van der Waals surface area contributed by atoms with Crippen LogP contribution in [0.15, 0.2) is 121 Å². The molecule has 0 N–H and O–H groups in total. The van der Waals surface area contributed by atoms with E-state index in [0.29, 0.717) is 5.75 Å². The summed E-state index contributed by atoms with van der Waals surface area (Å²) in [5.74, 6) is 1.99. The third kappa shape index (κ3) is 4.08. The lowest BCUT2D eigenvalue weighted by Gasteiger charge is -2.28. The number of hydrogen-bond donors (Lipinski definition) is 0. The Bertz CT molecular complexity index is 1020. The SMILES string of the molecule is O=C(C=P(c1ccccc1)(c1ccccc1)c1ccccc1)Oc1ccccc1. The molecule has 0 saturated heterocycles. The van der Waals surface area contributed by atoms with Gasteiger partial charge in [0.05, 0.1) is 0 Å². The van der Waals surface area contributed by atoms with Gasteiger partial charge in [-0.25, -0.2) is 4.79 Å². The molecule has 2 nitrogen and oxygen atoms in total. The Balaban J connectivity index is 1.96. The molecule has 0 aliphatic rings. The van der Waals surface area contributed by atoms with Crippen molar-refractivity contribution in [3.8, 4) is 5.75 Å². The van der Waals surface area contributed by atoms with Gasteiger partial charge < -0.3 is 4.74 Å². The minimum absolute atomic E-state index is 0.346. The number of benzene rings is 4. The van der Waals surface area contributed by atoms with Gasteiger partial charge in [0.1, 0.15) is 5.75 Å². The van der Waals surface area contributed by atoms with E-state index in [4.69, 9.17) is 4.74 Å². The van der Waals surface area contributed by atoms with Crippen LogP contribution in [-0.2, 0) is 4.79 Å². The van der Waals surface area contributed by atoms with Crippen LogP contribution in [-0.4, -0.2) is 11.8 Å². The van der Waals surface area contributed by atoms with Crippen LogP contribution in [0.2, 0.25) is 0 Å². The largest absolute Gasteiger partial charge is 0.423 e. The highest BCUT2D eigenvalue weighted by Gasteiger charge is 2.26. The molecule has 0 saturated carbocycles. The number of esters is 1. The average molecular weight is 396 g/mol. The topological polar surface area (TPSA) is 26.3 Å². The van der Waals surface area contributed by atoms with Crippen LogP contribution >= 0.6 is 6.89 Å². The molecule has 0 aliphatic carbocycles. The van der Waals surface area contributed by atoms with Gasteiger partial charge in [0.15, 0.2) is 0 Å². The molecule has 0 amide bonds. The Morgan fingerprint density at radius 1 is 0.552 bits per heavy atom. The van der Waals surface area contributed by atoms with Crippen LogP contribution in [0.5, 0.6) is 5.75 Å². The first-order chi connectivity index (χ1) is 14.3. The molecule has 0 fully saturated rings. The first-order valence-electron chi connectivity index (χ1n) is 9.47. The van der Waals surface area contributed by atoms with Gasteiger partial charge in [0, 0.05) is 5.80 Å². The predicted molar refractivity (Wildman–Crippen MR) is 123 cm³/mol. The molecule has 4 aromatic carbocycles. The molecule has 4 rings (SSSR count). The quantitative estimate of drug-likeness (QED) is 0.284. The summed E-state index contributed by atoms with van der Waals surface area (Å²) in [4.78, 5) is 13.1. The lowest BCUT2D eigenvalue weighted by Crippen LogP contribution is -2.29. The highest BCUT2D eigenvalue weighted by molar-refractivity contribution is 7.95. The zero-order valence-electron chi connectivity index (χ0n) is 15.9. The lowest BCUT2D eigenvalue weighted by atomic mass is 10.3. The molecule has 0 spiro atoms. The van der Waals surface area contributed by atoms with Crippen molar-refractivity contribution in [1.82, 2.24) is 0 Å². The van der Waals surface area contributed by atoms with Gasteiger partial charge in [-0.2, -0.15) is 0 Å². The van der Waals surface area contributed by atoms with E-state index in [1.54, 1.807) is 17.9 Å². The molecule has 0 unspecified atom stereocenters. The van der Waals surface area contributed by atoms with Gasteiger partial charge in [-0.05, 0) is 34.9 Å². The fraction of sp³-hybridized carbons (Fsp3) is 0. The van der Waals surface area contributed by atoms with Crippen LogP contribution in [0, 0.1) is 0 Å². The van der Waals surface area contributed by atoms with E-state index in [-0.39, 0.29) is 5.97 Å². The number of carbonyl (C=O) groups excluding carboxylic acids is 1. The summed E-state index contributed by atoms with van der Waals surface area (Å²) < 4.78 is 5.67. The first-order valence-corrected chi connectivity index (χ1v) is 11.3. The Morgan fingerprint density at radius 2 is 0.897 bits per heavy atom.